The lowest BCUT2D eigenvalue weighted by atomic mass is 10.1. The first-order valence-electron chi connectivity index (χ1n) is 5.43. The van der Waals surface area contributed by atoms with Crippen LogP contribution in [0, 0.1) is 11.3 Å². The first-order valence-corrected chi connectivity index (χ1v) is 5.43. The molecule has 18 heavy (non-hydrogen) atoms. The van der Waals surface area contributed by atoms with Crippen molar-refractivity contribution >= 4 is 17.3 Å². The Morgan fingerprint density at radius 1 is 1.33 bits per heavy atom. The molecule has 0 unspecified atom stereocenters. The summed E-state index contributed by atoms with van der Waals surface area (Å²) >= 11 is 0. The van der Waals surface area contributed by atoms with Gasteiger partial charge < -0.3 is 5.32 Å². The summed E-state index contributed by atoms with van der Waals surface area (Å²) in [5, 5.41) is 11.9. The number of anilines is 2. The SMILES string of the molecule is CC(=O)c1cccc(Nc2cc(C#N)ccn2)c1. The highest BCUT2D eigenvalue weighted by atomic mass is 16.1. The van der Waals surface area contributed by atoms with Gasteiger partial charge in [-0.3, -0.25) is 4.79 Å². The Hall–Kier alpha value is -2.67. The molecule has 0 bridgehead atoms. The van der Waals surface area contributed by atoms with Gasteiger partial charge in [-0.1, -0.05) is 12.1 Å². The van der Waals surface area contributed by atoms with Crippen molar-refractivity contribution in [3.63, 3.8) is 0 Å². The van der Waals surface area contributed by atoms with Crippen LogP contribution in [0.2, 0.25) is 0 Å². The van der Waals surface area contributed by atoms with Crippen LogP contribution < -0.4 is 5.32 Å². The van der Waals surface area contributed by atoms with Crippen LogP contribution in [0.15, 0.2) is 42.6 Å². The third-order valence-corrected chi connectivity index (χ3v) is 2.43. The fourth-order valence-electron chi connectivity index (χ4n) is 1.53. The van der Waals surface area contributed by atoms with E-state index in [0.29, 0.717) is 16.9 Å². The lowest BCUT2D eigenvalue weighted by Gasteiger charge is -2.06. The molecule has 0 amide bonds. The highest BCUT2D eigenvalue weighted by molar-refractivity contribution is 5.95. The molecular weight excluding hydrogens is 226 g/mol. The van der Waals surface area contributed by atoms with E-state index in [1.807, 2.05) is 12.1 Å². The number of Topliss-reactive ketones (excluding diaryl/α,β-unsaturated/α-hetero) is 1. The van der Waals surface area contributed by atoms with E-state index in [4.69, 9.17) is 5.26 Å². The first kappa shape index (κ1) is 11.8. The summed E-state index contributed by atoms with van der Waals surface area (Å²) in [6, 6.07) is 12.5. The maximum atomic E-state index is 11.3. The number of hydrogen-bond donors (Lipinski definition) is 1. The summed E-state index contributed by atoms with van der Waals surface area (Å²) in [7, 11) is 0. The van der Waals surface area contributed by atoms with Gasteiger partial charge in [-0.05, 0) is 31.2 Å². The van der Waals surface area contributed by atoms with E-state index in [2.05, 4.69) is 10.3 Å². The molecule has 1 aromatic heterocycles. The van der Waals surface area contributed by atoms with Crippen LogP contribution in [0.25, 0.3) is 0 Å². The van der Waals surface area contributed by atoms with E-state index in [1.165, 1.54) is 6.92 Å². The maximum absolute atomic E-state index is 11.3. The lowest BCUT2D eigenvalue weighted by Crippen LogP contribution is -1.97. The molecule has 1 aromatic carbocycles. The molecule has 0 radical (unpaired) electrons. The number of nitriles is 1. The molecule has 0 saturated carbocycles. The molecule has 0 aliphatic rings. The molecule has 0 aliphatic heterocycles. The van der Waals surface area contributed by atoms with Crippen molar-refractivity contribution in [3.05, 3.63) is 53.7 Å². The molecule has 0 aliphatic carbocycles. The molecular formula is C14H11N3O. The van der Waals surface area contributed by atoms with E-state index < -0.39 is 0 Å². The Morgan fingerprint density at radius 2 is 2.17 bits per heavy atom. The number of nitrogens with zero attached hydrogens (tertiary/aromatic N) is 2. The van der Waals surface area contributed by atoms with Gasteiger partial charge in [0.15, 0.2) is 5.78 Å². The molecule has 4 heteroatoms. The van der Waals surface area contributed by atoms with Crippen molar-refractivity contribution < 1.29 is 4.79 Å². The Morgan fingerprint density at radius 3 is 2.89 bits per heavy atom. The van der Waals surface area contributed by atoms with Crippen molar-refractivity contribution in [2.75, 3.05) is 5.32 Å². The number of carbonyl (C=O) groups excluding carboxylic acids is 1. The van der Waals surface area contributed by atoms with Crippen molar-refractivity contribution in [2.24, 2.45) is 0 Å². The smallest absolute Gasteiger partial charge is 0.159 e. The number of nitrogens with one attached hydrogen (secondary N) is 1. The number of ketones is 1. The second-order valence-corrected chi connectivity index (χ2v) is 3.80. The van der Waals surface area contributed by atoms with Gasteiger partial charge in [0.2, 0.25) is 0 Å². The molecule has 0 fully saturated rings. The van der Waals surface area contributed by atoms with Gasteiger partial charge in [-0.15, -0.1) is 0 Å². The number of carbonyl (C=O) groups is 1. The van der Waals surface area contributed by atoms with Crippen LogP contribution in [-0.2, 0) is 0 Å². The van der Waals surface area contributed by atoms with Crippen molar-refractivity contribution in [1.29, 1.82) is 5.26 Å². The minimum absolute atomic E-state index is 0.0115. The Kier molecular flexibility index (Phi) is 3.35. The van der Waals surface area contributed by atoms with Crippen molar-refractivity contribution in [2.45, 2.75) is 6.92 Å². The average Bonchev–Trinajstić information content (AvgIpc) is 2.39. The third kappa shape index (κ3) is 2.71. The topological polar surface area (TPSA) is 65.8 Å². The average molecular weight is 237 g/mol. The van der Waals surface area contributed by atoms with Crippen LogP contribution in [0.4, 0.5) is 11.5 Å². The van der Waals surface area contributed by atoms with Gasteiger partial charge in [-0.25, -0.2) is 4.98 Å². The van der Waals surface area contributed by atoms with E-state index in [-0.39, 0.29) is 5.78 Å². The van der Waals surface area contributed by atoms with Gasteiger partial charge in [0.25, 0.3) is 0 Å². The molecule has 0 saturated heterocycles. The highest BCUT2D eigenvalue weighted by Crippen LogP contribution is 2.16. The van der Waals surface area contributed by atoms with Gasteiger partial charge in [0.05, 0.1) is 11.6 Å². The normalized spacial score (nSPS) is 9.56. The van der Waals surface area contributed by atoms with Crippen LogP contribution in [0.3, 0.4) is 0 Å². The van der Waals surface area contributed by atoms with Gasteiger partial charge >= 0.3 is 0 Å². The first-order chi connectivity index (χ1) is 8.69. The zero-order chi connectivity index (χ0) is 13.0. The monoisotopic (exact) mass is 237 g/mol. The molecule has 88 valence electrons. The van der Waals surface area contributed by atoms with E-state index >= 15 is 0 Å². The fraction of sp³-hybridized carbons (Fsp3) is 0.0714. The summed E-state index contributed by atoms with van der Waals surface area (Å²) in [4.78, 5) is 15.4. The fourth-order valence-corrected chi connectivity index (χ4v) is 1.53. The molecule has 1 heterocycles. The van der Waals surface area contributed by atoms with Crippen LogP contribution >= 0.6 is 0 Å². The number of pyridine rings is 1. The number of rotatable bonds is 3. The van der Waals surface area contributed by atoms with Gasteiger partial charge in [-0.2, -0.15) is 5.26 Å². The molecule has 1 N–H and O–H groups in total. The maximum Gasteiger partial charge on any atom is 0.159 e. The van der Waals surface area contributed by atoms with Crippen molar-refractivity contribution in [3.8, 4) is 6.07 Å². The molecule has 0 spiro atoms. The minimum Gasteiger partial charge on any atom is -0.340 e. The van der Waals surface area contributed by atoms with E-state index in [1.54, 1.807) is 36.5 Å². The summed E-state index contributed by atoms with van der Waals surface area (Å²) in [6.45, 7) is 1.52. The Balaban J connectivity index is 2.26. The Labute approximate surface area is 105 Å². The van der Waals surface area contributed by atoms with Crippen LogP contribution in [0.5, 0.6) is 0 Å². The standard InChI is InChI=1S/C14H11N3O/c1-10(18)12-3-2-4-13(8-12)17-14-7-11(9-15)5-6-16-14/h2-8H,1H3,(H,16,17). The lowest BCUT2D eigenvalue weighted by molar-refractivity contribution is 0.101. The zero-order valence-electron chi connectivity index (χ0n) is 9.84. The largest absolute Gasteiger partial charge is 0.340 e. The summed E-state index contributed by atoms with van der Waals surface area (Å²) in [5.74, 6) is 0.590. The molecule has 0 atom stereocenters. The minimum atomic E-state index is 0.0115. The number of hydrogen-bond acceptors (Lipinski definition) is 4. The van der Waals surface area contributed by atoms with Crippen LogP contribution in [-0.4, -0.2) is 10.8 Å². The van der Waals surface area contributed by atoms with Gasteiger partial charge in [0, 0.05) is 17.4 Å². The molecule has 2 aromatic rings. The van der Waals surface area contributed by atoms with Gasteiger partial charge in [0.1, 0.15) is 5.82 Å². The summed E-state index contributed by atoms with van der Waals surface area (Å²) in [6.07, 6.45) is 1.57. The summed E-state index contributed by atoms with van der Waals surface area (Å²) < 4.78 is 0. The predicted octanol–water partition coefficient (Wildman–Crippen LogP) is 2.90. The summed E-state index contributed by atoms with van der Waals surface area (Å²) in [5.41, 5.74) is 1.94. The Bertz CT molecular complexity index is 629. The van der Waals surface area contributed by atoms with E-state index in [9.17, 15) is 4.79 Å². The van der Waals surface area contributed by atoms with Crippen LogP contribution in [0.1, 0.15) is 22.8 Å². The third-order valence-electron chi connectivity index (χ3n) is 2.43. The predicted molar refractivity (Wildman–Crippen MR) is 68.7 cm³/mol. The zero-order valence-corrected chi connectivity index (χ0v) is 9.84. The highest BCUT2D eigenvalue weighted by Gasteiger charge is 2.02. The molecule has 4 nitrogen and oxygen atoms in total. The quantitative estimate of drug-likeness (QED) is 0.833. The molecule has 2 rings (SSSR count). The van der Waals surface area contributed by atoms with E-state index in [0.717, 1.165) is 5.69 Å². The second-order valence-electron chi connectivity index (χ2n) is 3.80. The number of benzene rings is 1. The second kappa shape index (κ2) is 5.11. The van der Waals surface area contributed by atoms with Crippen molar-refractivity contribution in [1.82, 2.24) is 4.98 Å². The number of aromatic nitrogens is 1.